The molecule has 1 aromatic carbocycles. The third kappa shape index (κ3) is 4.36. The Kier molecular flexibility index (Phi) is 6.12. The monoisotopic (exact) mass is 419 g/mol. The summed E-state index contributed by atoms with van der Waals surface area (Å²) in [4.78, 5) is 16.3. The summed E-state index contributed by atoms with van der Waals surface area (Å²) >= 11 is 0. The number of benzene rings is 1. The van der Waals surface area contributed by atoms with Gasteiger partial charge < -0.3 is 13.9 Å². The van der Waals surface area contributed by atoms with Crippen molar-refractivity contribution in [1.29, 1.82) is 0 Å². The fraction of sp³-hybridized carbons (Fsp3) is 0.385. The lowest BCUT2D eigenvalue weighted by Crippen LogP contribution is -2.27. The SMILES string of the molecule is C=CC(=O)OC1CCC(Oc2ccc3cc(-c4ccc(CC)nc4CC)oc3c2)C1C. The number of ether oxygens (including phenoxy) is 2. The second kappa shape index (κ2) is 8.96. The van der Waals surface area contributed by atoms with Crippen molar-refractivity contribution in [1.82, 2.24) is 4.98 Å². The molecule has 3 atom stereocenters. The standard InChI is InChI=1S/C26H29NO4/c1-5-18-9-11-20(21(6-2)27-18)25-14-17-8-10-19(15-24(17)30-25)29-22-12-13-23(16(22)4)31-26(28)7-3/h7-11,14-16,22-23H,3,5-6,12-13H2,1-2,4H3. The predicted molar refractivity (Wildman–Crippen MR) is 121 cm³/mol. The van der Waals surface area contributed by atoms with E-state index in [1.807, 2.05) is 18.2 Å². The van der Waals surface area contributed by atoms with Gasteiger partial charge in [-0.25, -0.2) is 4.79 Å². The molecular formula is C26H29NO4. The summed E-state index contributed by atoms with van der Waals surface area (Å²) in [6, 6.07) is 12.2. The molecule has 0 spiro atoms. The van der Waals surface area contributed by atoms with Crippen LogP contribution in [-0.4, -0.2) is 23.2 Å². The van der Waals surface area contributed by atoms with Crippen LogP contribution in [0.1, 0.15) is 45.0 Å². The average Bonchev–Trinajstić information content (AvgIpc) is 3.36. The molecule has 2 aromatic heterocycles. The number of carbonyl (C=O) groups is 1. The van der Waals surface area contributed by atoms with Gasteiger partial charge in [0.05, 0.1) is 5.69 Å². The van der Waals surface area contributed by atoms with Gasteiger partial charge in [-0.2, -0.15) is 0 Å². The van der Waals surface area contributed by atoms with Crippen LogP contribution in [0.2, 0.25) is 0 Å². The van der Waals surface area contributed by atoms with Gasteiger partial charge in [0.15, 0.2) is 0 Å². The number of aryl methyl sites for hydroxylation is 2. The maximum Gasteiger partial charge on any atom is 0.330 e. The summed E-state index contributed by atoms with van der Waals surface area (Å²) in [5, 5.41) is 1.03. The molecule has 0 radical (unpaired) electrons. The second-order valence-corrected chi connectivity index (χ2v) is 8.09. The highest BCUT2D eigenvalue weighted by Crippen LogP contribution is 2.35. The van der Waals surface area contributed by atoms with E-state index in [-0.39, 0.29) is 24.1 Å². The third-order valence-corrected chi connectivity index (χ3v) is 6.12. The lowest BCUT2D eigenvalue weighted by molar-refractivity contribution is -0.144. The van der Waals surface area contributed by atoms with Crippen LogP contribution >= 0.6 is 0 Å². The zero-order chi connectivity index (χ0) is 22.0. The molecule has 0 N–H and O–H groups in total. The molecule has 5 nitrogen and oxygen atoms in total. The smallest absolute Gasteiger partial charge is 0.330 e. The number of fused-ring (bicyclic) bond motifs is 1. The highest BCUT2D eigenvalue weighted by atomic mass is 16.5. The molecule has 31 heavy (non-hydrogen) atoms. The van der Waals surface area contributed by atoms with Crippen LogP contribution in [0.4, 0.5) is 0 Å². The minimum atomic E-state index is -0.380. The first-order valence-corrected chi connectivity index (χ1v) is 11.0. The molecule has 3 unspecified atom stereocenters. The van der Waals surface area contributed by atoms with Crippen molar-refractivity contribution in [2.75, 3.05) is 0 Å². The first-order chi connectivity index (χ1) is 15.0. The van der Waals surface area contributed by atoms with Crippen molar-refractivity contribution in [2.45, 2.75) is 58.7 Å². The van der Waals surface area contributed by atoms with Crippen LogP contribution in [0.25, 0.3) is 22.3 Å². The summed E-state index contributed by atoms with van der Waals surface area (Å²) in [6.07, 6.45) is 4.46. The first kappa shape index (κ1) is 21.2. The molecule has 1 aliphatic rings. The summed E-state index contributed by atoms with van der Waals surface area (Å²) in [6.45, 7) is 9.75. The molecule has 4 rings (SSSR count). The minimum Gasteiger partial charge on any atom is -0.490 e. The number of esters is 1. The lowest BCUT2D eigenvalue weighted by Gasteiger charge is -2.21. The van der Waals surface area contributed by atoms with E-state index in [1.165, 1.54) is 6.08 Å². The molecule has 1 fully saturated rings. The van der Waals surface area contributed by atoms with Crippen molar-refractivity contribution in [3.63, 3.8) is 0 Å². The maximum atomic E-state index is 11.5. The fourth-order valence-corrected chi connectivity index (χ4v) is 4.25. The maximum absolute atomic E-state index is 11.5. The molecule has 0 aliphatic heterocycles. The molecule has 3 aromatic rings. The van der Waals surface area contributed by atoms with Gasteiger partial charge in [0.2, 0.25) is 0 Å². The van der Waals surface area contributed by atoms with Crippen molar-refractivity contribution in [3.05, 3.63) is 60.4 Å². The summed E-state index contributed by atoms with van der Waals surface area (Å²) < 4.78 is 17.9. The largest absolute Gasteiger partial charge is 0.490 e. The van der Waals surface area contributed by atoms with Crippen molar-refractivity contribution in [2.24, 2.45) is 5.92 Å². The van der Waals surface area contributed by atoms with Gasteiger partial charge in [-0.15, -0.1) is 0 Å². The molecule has 0 saturated heterocycles. The lowest BCUT2D eigenvalue weighted by atomic mass is 10.1. The Bertz CT molecular complexity index is 1100. The number of carbonyl (C=O) groups excluding carboxylic acids is 1. The van der Waals surface area contributed by atoms with Crippen LogP contribution in [0.15, 0.2) is 53.5 Å². The van der Waals surface area contributed by atoms with E-state index >= 15 is 0 Å². The van der Waals surface area contributed by atoms with E-state index in [4.69, 9.17) is 18.9 Å². The highest BCUT2D eigenvalue weighted by Gasteiger charge is 2.36. The Balaban J connectivity index is 1.54. The molecule has 2 heterocycles. The van der Waals surface area contributed by atoms with Crippen molar-refractivity contribution >= 4 is 16.9 Å². The topological polar surface area (TPSA) is 61.6 Å². The van der Waals surface area contributed by atoms with Gasteiger partial charge in [-0.3, -0.25) is 4.98 Å². The van der Waals surface area contributed by atoms with E-state index in [2.05, 4.69) is 45.5 Å². The van der Waals surface area contributed by atoms with Gasteiger partial charge in [0, 0.05) is 34.7 Å². The molecule has 1 saturated carbocycles. The van der Waals surface area contributed by atoms with E-state index < -0.39 is 0 Å². The number of rotatable bonds is 7. The molecule has 0 amide bonds. The molecule has 1 aliphatic carbocycles. The van der Waals surface area contributed by atoms with E-state index in [0.29, 0.717) is 0 Å². The quantitative estimate of drug-likeness (QED) is 0.353. The third-order valence-electron chi connectivity index (χ3n) is 6.12. The molecule has 0 bridgehead atoms. The normalized spacial score (nSPS) is 20.7. The summed E-state index contributed by atoms with van der Waals surface area (Å²) in [5.41, 5.74) is 3.97. The first-order valence-electron chi connectivity index (χ1n) is 11.0. The second-order valence-electron chi connectivity index (χ2n) is 8.09. The Morgan fingerprint density at radius 2 is 1.97 bits per heavy atom. The van der Waals surface area contributed by atoms with Gasteiger partial charge in [0.25, 0.3) is 0 Å². The van der Waals surface area contributed by atoms with Crippen LogP contribution in [0.3, 0.4) is 0 Å². The molecule has 162 valence electrons. The van der Waals surface area contributed by atoms with E-state index in [9.17, 15) is 4.79 Å². The predicted octanol–water partition coefficient (Wildman–Crippen LogP) is 5.89. The average molecular weight is 420 g/mol. The zero-order valence-electron chi connectivity index (χ0n) is 18.4. The summed E-state index contributed by atoms with van der Waals surface area (Å²) in [5.74, 6) is 1.32. The van der Waals surface area contributed by atoms with Gasteiger partial charge in [-0.05, 0) is 56.0 Å². The Labute approximate surface area is 183 Å². The van der Waals surface area contributed by atoms with Crippen molar-refractivity contribution in [3.8, 4) is 17.1 Å². The number of pyridine rings is 1. The Hall–Kier alpha value is -3.08. The van der Waals surface area contributed by atoms with E-state index in [0.717, 1.165) is 65.1 Å². The number of hydrogen-bond acceptors (Lipinski definition) is 5. The number of aromatic nitrogens is 1. The molecule has 5 heteroatoms. The van der Waals surface area contributed by atoms with Crippen molar-refractivity contribution < 1.29 is 18.7 Å². The van der Waals surface area contributed by atoms with Crippen LogP contribution in [0, 0.1) is 5.92 Å². The van der Waals surface area contributed by atoms with Gasteiger partial charge in [0.1, 0.15) is 29.3 Å². The van der Waals surface area contributed by atoms with Gasteiger partial charge >= 0.3 is 5.97 Å². The fourth-order valence-electron chi connectivity index (χ4n) is 4.25. The van der Waals surface area contributed by atoms with Crippen LogP contribution in [-0.2, 0) is 22.4 Å². The Morgan fingerprint density at radius 3 is 2.71 bits per heavy atom. The number of hydrogen-bond donors (Lipinski definition) is 0. The summed E-state index contributed by atoms with van der Waals surface area (Å²) in [7, 11) is 0. The van der Waals surface area contributed by atoms with Crippen LogP contribution < -0.4 is 4.74 Å². The molecular weight excluding hydrogens is 390 g/mol. The van der Waals surface area contributed by atoms with Crippen LogP contribution in [0.5, 0.6) is 5.75 Å². The Morgan fingerprint density at radius 1 is 1.16 bits per heavy atom. The highest BCUT2D eigenvalue weighted by molar-refractivity contribution is 5.84. The zero-order valence-corrected chi connectivity index (χ0v) is 18.4. The van der Waals surface area contributed by atoms with Gasteiger partial charge in [-0.1, -0.05) is 27.4 Å². The number of nitrogens with zero attached hydrogens (tertiary/aromatic N) is 1. The number of furan rings is 1. The minimum absolute atomic E-state index is 0.00743. The van der Waals surface area contributed by atoms with E-state index in [1.54, 1.807) is 0 Å².